The van der Waals surface area contributed by atoms with Crippen LogP contribution in [0, 0.1) is 13.8 Å². The van der Waals surface area contributed by atoms with Gasteiger partial charge in [-0.25, -0.2) is 4.79 Å². The maximum atomic E-state index is 10.4. The monoisotopic (exact) mass is 193 g/mol. The van der Waals surface area contributed by atoms with Crippen LogP contribution in [0.4, 0.5) is 0 Å². The zero-order valence-electron chi connectivity index (χ0n) is 8.74. The number of carboxylic acids is 1. The highest BCUT2D eigenvalue weighted by Crippen LogP contribution is 2.16. The standard InChI is InChI=1S/C11H15NO2/c1-4-12-8(2)7-10(9(12)3)5-6-11(13)14/h5-7H,4H2,1-3H3,(H,13,14)/b6-5+. The van der Waals surface area contributed by atoms with Gasteiger partial charge in [0.25, 0.3) is 0 Å². The number of carbonyl (C=O) groups is 1. The van der Waals surface area contributed by atoms with Crippen LogP contribution in [0.2, 0.25) is 0 Å². The Morgan fingerprint density at radius 2 is 2.21 bits per heavy atom. The van der Waals surface area contributed by atoms with Gasteiger partial charge in [0.2, 0.25) is 0 Å². The van der Waals surface area contributed by atoms with Gasteiger partial charge in [0.15, 0.2) is 0 Å². The van der Waals surface area contributed by atoms with Crippen LogP contribution in [0.3, 0.4) is 0 Å². The number of nitrogens with zero attached hydrogens (tertiary/aromatic N) is 1. The van der Waals surface area contributed by atoms with Crippen molar-refractivity contribution in [1.82, 2.24) is 4.57 Å². The molecule has 1 N–H and O–H groups in total. The summed E-state index contributed by atoms with van der Waals surface area (Å²) in [6.07, 6.45) is 2.80. The molecule has 0 bridgehead atoms. The first-order valence-corrected chi connectivity index (χ1v) is 4.64. The van der Waals surface area contributed by atoms with Crippen LogP contribution >= 0.6 is 0 Å². The summed E-state index contributed by atoms with van der Waals surface area (Å²) >= 11 is 0. The second-order valence-corrected chi connectivity index (χ2v) is 3.24. The number of aliphatic carboxylic acids is 1. The molecule has 1 aromatic heterocycles. The highest BCUT2D eigenvalue weighted by Gasteiger charge is 2.04. The quantitative estimate of drug-likeness (QED) is 0.748. The molecule has 1 aromatic rings. The van der Waals surface area contributed by atoms with E-state index in [2.05, 4.69) is 11.5 Å². The predicted molar refractivity (Wildman–Crippen MR) is 56.2 cm³/mol. The Kier molecular flexibility index (Phi) is 3.12. The predicted octanol–water partition coefficient (Wildman–Crippen LogP) is 2.22. The highest BCUT2D eigenvalue weighted by molar-refractivity contribution is 5.85. The maximum Gasteiger partial charge on any atom is 0.328 e. The molecule has 0 aliphatic heterocycles. The summed E-state index contributed by atoms with van der Waals surface area (Å²) in [7, 11) is 0. The average molecular weight is 193 g/mol. The lowest BCUT2D eigenvalue weighted by atomic mass is 10.2. The van der Waals surface area contributed by atoms with E-state index in [0.29, 0.717) is 0 Å². The van der Waals surface area contributed by atoms with Gasteiger partial charge in [-0.3, -0.25) is 0 Å². The molecule has 0 atom stereocenters. The number of hydrogen-bond donors (Lipinski definition) is 1. The zero-order valence-corrected chi connectivity index (χ0v) is 8.74. The number of carboxylic acid groups (broad SMARTS) is 1. The molecule has 3 nitrogen and oxygen atoms in total. The van der Waals surface area contributed by atoms with Crippen LogP contribution in [0.1, 0.15) is 23.9 Å². The molecule has 0 aliphatic rings. The highest BCUT2D eigenvalue weighted by atomic mass is 16.4. The lowest BCUT2D eigenvalue weighted by Gasteiger charge is -2.04. The van der Waals surface area contributed by atoms with Crippen molar-refractivity contribution in [3.63, 3.8) is 0 Å². The molecule has 0 amide bonds. The van der Waals surface area contributed by atoms with E-state index in [1.807, 2.05) is 19.9 Å². The average Bonchev–Trinajstić information content (AvgIpc) is 2.38. The third-order valence-corrected chi connectivity index (χ3v) is 2.33. The summed E-state index contributed by atoms with van der Waals surface area (Å²) < 4.78 is 2.15. The van der Waals surface area contributed by atoms with Crippen LogP contribution in [0.5, 0.6) is 0 Å². The Balaban J connectivity index is 3.05. The Morgan fingerprint density at radius 3 is 2.64 bits per heavy atom. The molecule has 76 valence electrons. The first kappa shape index (κ1) is 10.6. The van der Waals surface area contributed by atoms with Gasteiger partial charge in [0, 0.05) is 24.0 Å². The molecule has 3 heteroatoms. The molecule has 0 radical (unpaired) electrons. The van der Waals surface area contributed by atoms with Gasteiger partial charge in [-0.15, -0.1) is 0 Å². The van der Waals surface area contributed by atoms with Gasteiger partial charge in [-0.05, 0) is 38.5 Å². The van der Waals surface area contributed by atoms with Gasteiger partial charge in [-0.1, -0.05) is 0 Å². The SMILES string of the molecule is CCn1c(C)cc(/C=C/C(=O)O)c1C. The molecular weight excluding hydrogens is 178 g/mol. The number of aryl methyl sites for hydroxylation is 1. The van der Waals surface area contributed by atoms with Gasteiger partial charge in [0.1, 0.15) is 0 Å². The largest absolute Gasteiger partial charge is 0.478 e. The summed E-state index contributed by atoms with van der Waals surface area (Å²) in [5, 5.41) is 8.51. The molecule has 1 rings (SSSR count). The van der Waals surface area contributed by atoms with E-state index in [4.69, 9.17) is 5.11 Å². The first-order valence-electron chi connectivity index (χ1n) is 4.64. The molecule has 0 spiro atoms. The topological polar surface area (TPSA) is 42.2 Å². The number of hydrogen-bond acceptors (Lipinski definition) is 1. The van der Waals surface area contributed by atoms with Crippen molar-refractivity contribution in [1.29, 1.82) is 0 Å². The Morgan fingerprint density at radius 1 is 1.57 bits per heavy atom. The van der Waals surface area contributed by atoms with Gasteiger partial charge in [0.05, 0.1) is 0 Å². The van der Waals surface area contributed by atoms with Crippen LogP contribution in [-0.2, 0) is 11.3 Å². The van der Waals surface area contributed by atoms with Crippen molar-refractivity contribution in [2.24, 2.45) is 0 Å². The van der Waals surface area contributed by atoms with E-state index in [9.17, 15) is 4.79 Å². The number of rotatable bonds is 3. The summed E-state index contributed by atoms with van der Waals surface area (Å²) in [5.41, 5.74) is 3.25. The van der Waals surface area contributed by atoms with Crippen molar-refractivity contribution in [2.45, 2.75) is 27.3 Å². The van der Waals surface area contributed by atoms with Crippen molar-refractivity contribution in [3.05, 3.63) is 29.1 Å². The fourth-order valence-electron chi connectivity index (χ4n) is 1.64. The summed E-state index contributed by atoms with van der Waals surface area (Å²) in [4.78, 5) is 10.4. The molecule has 0 saturated carbocycles. The van der Waals surface area contributed by atoms with Gasteiger partial charge in [-0.2, -0.15) is 0 Å². The van der Waals surface area contributed by atoms with E-state index in [1.165, 1.54) is 6.08 Å². The maximum absolute atomic E-state index is 10.4. The minimum absolute atomic E-state index is 0.911. The molecule has 0 unspecified atom stereocenters. The molecule has 1 heterocycles. The molecular formula is C11H15NO2. The van der Waals surface area contributed by atoms with Crippen molar-refractivity contribution < 1.29 is 9.90 Å². The smallest absolute Gasteiger partial charge is 0.328 e. The van der Waals surface area contributed by atoms with Gasteiger partial charge >= 0.3 is 5.97 Å². The first-order chi connectivity index (χ1) is 6.56. The van der Waals surface area contributed by atoms with E-state index in [-0.39, 0.29) is 0 Å². The van der Waals surface area contributed by atoms with Crippen LogP contribution in [0.15, 0.2) is 12.1 Å². The Bertz CT molecular complexity index is 375. The van der Waals surface area contributed by atoms with Gasteiger partial charge < -0.3 is 9.67 Å². The summed E-state index contributed by atoms with van der Waals surface area (Å²) in [5.74, 6) is -0.911. The number of aromatic nitrogens is 1. The fourth-order valence-corrected chi connectivity index (χ4v) is 1.64. The molecule has 0 aliphatic carbocycles. The van der Waals surface area contributed by atoms with Crippen molar-refractivity contribution in [2.75, 3.05) is 0 Å². The summed E-state index contributed by atoms with van der Waals surface area (Å²) in [6.45, 7) is 7.01. The Labute approximate surface area is 83.7 Å². The zero-order chi connectivity index (χ0) is 10.7. The third-order valence-electron chi connectivity index (χ3n) is 2.33. The molecule has 0 saturated heterocycles. The van der Waals surface area contributed by atoms with Crippen LogP contribution in [0.25, 0.3) is 6.08 Å². The van der Waals surface area contributed by atoms with Crippen LogP contribution in [-0.4, -0.2) is 15.6 Å². The van der Waals surface area contributed by atoms with Crippen molar-refractivity contribution >= 4 is 12.0 Å². The normalized spacial score (nSPS) is 11.1. The van der Waals surface area contributed by atoms with E-state index in [0.717, 1.165) is 23.5 Å². The fraction of sp³-hybridized carbons (Fsp3) is 0.364. The Hall–Kier alpha value is -1.51. The molecule has 0 aromatic carbocycles. The van der Waals surface area contributed by atoms with Crippen molar-refractivity contribution in [3.8, 4) is 0 Å². The third kappa shape index (κ3) is 2.05. The molecule has 0 fully saturated rings. The van der Waals surface area contributed by atoms with Crippen LogP contribution < -0.4 is 0 Å². The second kappa shape index (κ2) is 4.13. The van der Waals surface area contributed by atoms with E-state index in [1.54, 1.807) is 6.08 Å². The van der Waals surface area contributed by atoms with E-state index >= 15 is 0 Å². The minimum Gasteiger partial charge on any atom is -0.478 e. The lowest BCUT2D eigenvalue weighted by Crippen LogP contribution is -1.98. The second-order valence-electron chi connectivity index (χ2n) is 3.24. The molecule has 14 heavy (non-hydrogen) atoms. The lowest BCUT2D eigenvalue weighted by molar-refractivity contribution is -0.131. The van der Waals surface area contributed by atoms with E-state index < -0.39 is 5.97 Å². The minimum atomic E-state index is -0.911. The summed E-state index contributed by atoms with van der Waals surface area (Å²) in [6, 6.07) is 2.00.